The molecule has 22 heavy (non-hydrogen) atoms. The Hall–Kier alpha value is -2.16. The van der Waals surface area contributed by atoms with Crippen LogP contribution in [0.15, 0.2) is 48.5 Å². The molecule has 2 aromatic carbocycles. The summed E-state index contributed by atoms with van der Waals surface area (Å²) in [5, 5.41) is 2.77. The van der Waals surface area contributed by atoms with Gasteiger partial charge in [-0.05, 0) is 47.2 Å². The van der Waals surface area contributed by atoms with Crippen molar-refractivity contribution in [2.24, 2.45) is 0 Å². The normalized spacial score (nSPS) is 11.3. The first-order chi connectivity index (χ1) is 10.3. The number of benzene rings is 2. The Kier molecular flexibility index (Phi) is 4.96. The van der Waals surface area contributed by atoms with Crippen molar-refractivity contribution in [2.45, 2.75) is 39.0 Å². The summed E-state index contributed by atoms with van der Waals surface area (Å²) in [6, 6.07) is 14.2. The van der Waals surface area contributed by atoms with Gasteiger partial charge in [0.15, 0.2) is 0 Å². The van der Waals surface area contributed by atoms with E-state index >= 15 is 0 Å². The van der Waals surface area contributed by atoms with E-state index < -0.39 is 0 Å². The molecule has 0 radical (unpaired) electrons. The van der Waals surface area contributed by atoms with Crippen LogP contribution < -0.4 is 5.32 Å². The molecule has 0 heterocycles. The molecular formula is C19H22FNO. The highest BCUT2D eigenvalue weighted by atomic mass is 19.1. The minimum atomic E-state index is -0.308. The summed E-state index contributed by atoms with van der Waals surface area (Å²) < 4.78 is 12.8. The van der Waals surface area contributed by atoms with Gasteiger partial charge in [-0.25, -0.2) is 4.39 Å². The maximum absolute atomic E-state index is 12.8. The van der Waals surface area contributed by atoms with Gasteiger partial charge < -0.3 is 5.32 Å². The largest absolute Gasteiger partial charge is 0.326 e. The molecule has 2 aromatic rings. The van der Waals surface area contributed by atoms with Crippen LogP contribution in [0, 0.1) is 5.82 Å². The van der Waals surface area contributed by atoms with Crippen molar-refractivity contribution in [3.8, 4) is 0 Å². The van der Waals surface area contributed by atoms with Crippen LogP contribution in [0.25, 0.3) is 0 Å². The highest BCUT2D eigenvalue weighted by molar-refractivity contribution is 5.90. The summed E-state index contributed by atoms with van der Waals surface area (Å²) in [4.78, 5) is 11.9. The van der Waals surface area contributed by atoms with E-state index in [-0.39, 0.29) is 17.1 Å². The molecule has 0 aliphatic carbocycles. The van der Waals surface area contributed by atoms with Crippen molar-refractivity contribution < 1.29 is 9.18 Å². The molecule has 0 saturated heterocycles. The minimum Gasteiger partial charge on any atom is -0.326 e. The van der Waals surface area contributed by atoms with Crippen LogP contribution in [-0.4, -0.2) is 5.91 Å². The second-order valence-corrected chi connectivity index (χ2v) is 6.50. The molecule has 0 bridgehead atoms. The second-order valence-electron chi connectivity index (χ2n) is 6.50. The van der Waals surface area contributed by atoms with Crippen LogP contribution in [0.2, 0.25) is 0 Å². The fourth-order valence-electron chi connectivity index (χ4n) is 2.19. The monoisotopic (exact) mass is 299 g/mol. The quantitative estimate of drug-likeness (QED) is 0.871. The third-order valence-electron chi connectivity index (χ3n) is 3.59. The van der Waals surface area contributed by atoms with Crippen molar-refractivity contribution in [3.05, 3.63) is 65.5 Å². The van der Waals surface area contributed by atoms with E-state index in [1.165, 1.54) is 17.7 Å². The number of aryl methyl sites for hydroxylation is 1. The van der Waals surface area contributed by atoms with Gasteiger partial charge in [-0.2, -0.15) is 0 Å². The van der Waals surface area contributed by atoms with E-state index in [0.29, 0.717) is 18.5 Å². The fraction of sp³-hybridized carbons (Fsp3) is 0.316. The van der Waals surface area contributed by atoms with Crippen LogP contribution in [0.3, 0.4) is 0 Å². The number of carbonyl (C=O) groups is 1. The van der Waals surface area contributed by atoms with Gasteiger partial charge in [-0.3, -0.25) is 4.79 Å². The topological polar surface area (TPSA) is 29.1 Å². The first-order valence-corrected chi connectivity index (χ1v) is 7.49. The standard InChI is InChI=1S/C19H22FNO/c1-19(2,3)15-7-4-14(5-8-15)6-13-18(22)21-17-11-9-16(20)10-12-17/h4-5,7-12H,6,13H2,1-3H3,(H,21,22). The summed E-state index contributed by atoms with van der Waals surface area (Å²) >= 11 is 0. The second kappa shape index (κ2) is 6.73. The molecule has 3 heteroatoms. The number of hydrogen-bond donors (Lipinski definition) is 1. The third-order valence-corrected chi connectivity index (χ3v) is 3.59. The smallest absolute Gasteiger partial charge is 0.224 e. The number of rotatable bonds is 4. The molecule has 2 nitrogen and oxygen atoms in total. The summed E-state index contributed by atoms with van der Waals surface area (Å²) in [5.74, 6) is -0.372. The van der Waals surface area contributed by atoms with Crippen molar-refractivity contribution in [1.29, 1.82) is 0 Å². The molecule has 0 saturated carbocycles. The lowest BCUT2D eigenvalue weighted by Crippen LogP contribution is -2.13. The van der Waals surface area contributed by atoms with Crippen LogP contribution in [0.5, 0.6) is 0 Å². The highest BCUT2D eigenvalue weighted by Crippen LogP contribution is 2.22. The molecule has 0 atom stereocenters. The predicted octanol–water partition coefficient (Wildman–Crippen LogP) is 4.69. The number of amides is 1. The van der Waals surface area contributed by atoms with Gasteiger partial charge in [-0.1, -0.05) is 45.0 Å². The number of nitrogens with one attached hydrogen (secondary N) is 1. The van der Waals surface area contributed by atoms with Gasteiger partial charge in [0.25, 0.3) is 0 Å². The number of hydrogen-bond acceptors (Lipinski definition) is 1. The summed E-state index contributed by atoms with van der Waals surface area (Å²) in [6.07, 6.45) is 1.10. The number of carbonyl (C=O) groups excluding carboxylic acids is 1. The summed E-state index contributed by atoms with van der Waals surface area (Å²) in [5.41, 5.74) is 3.18. The molecule has 0 aromatic heterocycles. The van der Waals surface area contributed by atoms with Gasteiger partial charge in [-0.15, -0.1) is 0 Å². The molecule has 0 unspecified atom stereocenters. The van der Waals surface area contributed by atoms with Crippen LogP contribution in [0.1, 0.15) is 38.3 Å². The van der Waals surface area contributed by atoms with E-state index in [1.54, 1.807) is 12.1 Å². The van der Waals surface area contributed by atoms with E-state index in [1.807, 2.05) is 0 Å². The molecule has 0 aliphatic heterocycles. The lowest BCUT2D eigenvalue weighted by Gasteiger charge is -2.19. The first kappa shape index (κ1) is 16.2. The zero-order chi connectivity index (χ0) is 16.2. The Morgan fingerprint density at radius 2 is 1.59 bits per heavy atom. The maximum atomic E-state index is 12.8. The third kappa shape index (κ3) is 4.69. The van der Waals surface area contributed by atoms with Crippen LogP contribution in [-0.2, 0) is 16.6 Å². The Labute approximate surface area is 131 Å². The van der Waals surface area contributed by atoms with Gasteiger partial charge in [0.05, 0.1) is 0 Å². The summed E-state index contributed by atoms with van der Waals surface area (Å²) in [7, 11) is 0. The van der Waals surface area contributed by atoms with E-state index in [0.717, 1.165) is 5.56 Å². The summed E-state index contributed by atoms with van der Waals surface area (Å²) in [6.45, 7) is 6.54. The zero-order valence-corrected chi connectivity index (χ0v) is 13.3. The molecule has 116 valence electrons. The van der Waals surface area contributed by atoms with E-state index in [2.05, 4.69) is 50.4 Å². The molecule has 0 aliphatic rings. The Balaban J connectivity index is 1.87. The van der Waals surface area contributed by atoms with Crippen molar-refractivity contribution in [1.82, 2.24) is 0 Å². The highest BCUT2D eigenvalue weighted by Gasteiger charge is 2.13. The lowest BCUT2D eigenvalue weighted by atomic mass is 9.86. The molecule has 0 spiro atoms. The van der Waals surface area contributed by atoms with Crippen molar-refractivity contribution in [2.75, 3.05) is 5.32 Å². The Bertz CT molecular complexity index is 624. The SMILES string of the molecule is CC(C)(C)c1ccc(CCC(=O)Nc2ccc(F)cc2)cc1. The van der Waals surface area contributed by atoms with E-state index in [4.69, 9.17) is 0 Å². The molecule has 2 rings (SSSR count). The van der Waals surface area contributed by atoms with E-state index in [9.17, 15) is 9.18 Å². The van der Waals surface area contributed by atoms with Crippen LogP contribution >= 0.6 is 0 Å². The van der Waals surface area contributed by atoms with Crippen molar-refractivity contribution in [3.63, 3.8) is 0 Å². The van der Waals surface area contributed by atoms with Gasteiger partial charge in [0, 0.05) is 12.1 Å². The van der Waals surface area contributed by atoms with Gasteiger partial charge in [0.1, 0.15) is 5.82 Å². The zero-order valence-electron chi connectivity index (χ0n) is 13.3. The van der Waals surface area contributed by atoms with Gasteiger partial charge >= 0.3 is 0 Å². The average molecular weight is 299 g/mol. The molecular weight excluding hydrogens is 277 g/mol. The molecule has 1 N–H and O–H groups in total. The number of anilines is 1. The maximum Gasteiger partial charge on any atom is 0.224 e. The molecule has 1 amide bonds. The first-order valence-electron chi connectivity index (χ1n) is 7.49. The Morgan fingerprint density at radius 3 is 2.14 bits per heavy atom. The number of halogens is 1. The Morgan fingerprint density at radius 1 is 1.00 bits per heavy atom. The fourth-order valence-corrected chi connectivity index (χ4v) is 2.19. The average Bonchev–Trinajstić information content (AvgIpc) is 2.47. The van der Waals surface area contributed by atoms with Gasteiger partial charge in [0.2, 0.25) is 5.91 Å². The lowest BCUT2D eigenvalue weighted by molar-refractivity contribution is -0.116. The minimum absolute atomic E-state index is 0.0634. The van der Waals surface area contributed by atoms with Crippen molar-refractivity contribution >= 4 is 11.6 Å². The predicted molar refractivity (Wildman–Crippen MR) is 88.5 cm³/mol. The molecule has 0 fully saturated rings. The van der Waals surface area contributed by atoms with Crippen LogP contribution in [0.4, 0.5) is 10.1 Å².